The highest BCUT2D eigenvalue weighted by Gasteiger charge is 2.17. The lowest BCUT2D eigenvalue weighted by Gasteiger charge is -2.27. The van der Waals surface area contributed by atoms with Crippen LogP contribution in [-0.4, -0.2) is 55.5 Å². The molecule has 0 heterocycles. The van der Waals surface area contributed by atoms with E-state index in [-0.39, 0.29) is 5.91 Å². The molecule has 0 aromatic carbocycles. The van der Waals surface area contributed by atoms with E-state index in [1.54, 1.807) is 6.92 Å². The Kier molecular flexibility index (Phi) is 6.52. The maximum atomic E-state index is 11.8. The average molecular weight is 215 g/mol. The van der Waals surface area contributed by atoms with E-state index >= 15 is 0 Å². The number of nitrogens with zero attached hydrogens (tertiary/aromatic N) is 2. The maximum absolute atomic E-state index is 11.8. The summed E-state index contributed by atoms with van der Waals surface area (Å²) in [4.78, 5) is 15.7. The summed E-state index contributed by atoms with van der Waals surface area (Å²) in [5, 5.41) is 0. The summed E-state index contributed by atoms with van der Waals surface area (Å²) in [5.74, 6) is 0.528. The summed E-state index contributed by atoms with van der Waals surface area (Å²) in [6.07, 6.45) is 0. The van der Waals surface area contributed by atoms with E-state index in [0.717, 1.165) is 19.6 Å². The van der Waals surface area contributed by atoms with Crippen molar-refractivity contribution in [3.8, 4) is 0 Å². The number of nitrogens with two attached hydrogens (primary N) is 1. The third kappa shape index (κ3) is 6.47. The number of carbonyl (C=O) groups excluding carboxylic acids is 1. The molecular weight excluding hydrogens is 190 g/mol. The summed E-state index contributed by atoms with van der Waals surface area (Å²) >= 11 is 0. The second kappa shape index (κ2) is 6.80. The van der Waals surface area contributed by atoms with Crippen molar-refractivity contribution in [1.29, 1.82) is 0 Å². The minimum atomic E-state index is -0.397. The molecule has 15 heavy (non-hydrogen) atoms. The van der Waals surface area contributed by atoms with E-state index in [4.69, 9.17) is 5.73 Å². The molecule has 0 aromatic rings. The number of hydrogen-bond acceptors (Lipinski definition) is 3. The number of carbonyl (C=O) groups is 1. The van der Waals surface area contributed by atoms with Crippen LogP contribution in [0.4, 0.5) is 0 Å². The minimum Gasteiger partial charge on any atom is -0.340 e. The first-order chi connectivity index (χ1) is 6.84. The van der Waals surface area contributed by atoms with Crippen LogP contribution in [0.15, 0.2) is 0 Å². The molecule has 0 aromatic heterocycles. The van der Waals surface area contributed by atoms with Gasteiger partial charge in [0.2, 0.25) is 5.91 Å². The van der Waals surface area contributed by atoms with Gasteiger partial charge in [-0.05, 0) is 26.9 Å². The Morgan fingerprint density at radius 3 is 2.07 bits per heavy atom. The lowest BCUT2D eigenvalue weighted by Crippen LogP contribution is -2.46. The fraction of sp³-hybridized carbons (Fsp3) is 0.909. The molecule has 4 nitrogen and oxygen atoms in total. The van der Waals surface area contributed by atoms with E-state index in [2.05, 4.69) is 18.7 Å². The number of amides is 1. The maximum Gasteiger partial charge on any atom is 0.239 e. The predicted molar refractivity (Wildman–Crippen MR) is 63.6 cm³/mol. The van der Waals surface area contributed by atoms with E-state index < -0.39 is 6.04 Å². The van der Waals surface area contributed by atoms with Crippen molar-refractivity contribution < 1.29 is 4.79 Å². The predicted octanol–water partition coefficient (Wildman–Crippen LogP) is 0.380. The van der Waals surface area contributed by atoms with Gasteiger partial charge >= 0.3 is 0 Å². The molecule has 4 heteroatoms. The topological polar surface area (TPSA) is 49.6 Å². The zero-order valence-electron chi connectivity index (χ0n) is 10.7. The van der Waals surface area contributed by atoms with Gasteiger partial charge in [-0.15, -0.1) is 0 Å². The third-order valence-corrected chi connectivity index (χ3v) is 2.10. The van der Waals surface area contributed by atoms with Crippen LogP contribution >= 0.6 is 0 Å². The summed E-state index contributed by atoms with van der Waals surface area (Å²) < 4.78 is 0. The van der Waals surface area contributed by atoms with Crippen molar-refractivity contribution in [2.24, 2.45) is 11.7 Å². The second-order valence-electron chi connectivity index (χ2n) is 4.77. The Bertz CT molecular complexity index is 190. The lowest BCUT2D eigenvalue weighted by atomic mass is 10.2. The normalized spacial score (nSPS) is 13.3. The Balaban J connectivity index is 4.24. The van der Waals surface area contributed by atoms with Crippen molar-refractivity contribution >= 4 is 5.91 Å². The summed E-state index contributed by atoms with van der Waals surface area (Å²) in [6, 6.07) is -0.397. The molecule has 0 saturated heterocycles. The minimum absolute atomic E-state index is 0.0468. The van der Waals surface area contributed by atoms with Gasteiger partial charge in [0, 0.05) is 19.6 Å². The molecule has 0 fully saturated rings. The van der Waals surface area contributed by atoms with Gasteiger partial charge in [-0.3, -0.25) is 4.79 Å². The largest absolute Gasteiger partial charge is 0.340 e. The van der Waals surface area contributed by atoms with Gasteiger partial charge in [0.1, 0.15) is 0 Å². The Hall–Kier alpha value is -0.610. The second-order valence-corrected chi connectivity index (χ2v) is 4.77. The van der Waals surface area contributed by atoms with Crippen LogP contribution in [0.2, 0.25) is 0 Å². The first-order valence-corrected chi connectivity index (χ1v) is 5.53. The molecule has 1 amide bonds. The van der Waals surface area contributed by atoms with Crippen LogP contribution in [0.3, 0.4) is 0 Å². The molecular formula is C11H25N3O. The van der Waals surface area contributed by atoms with Gasteiger partial charge in [-0.25, -0.2) is 0 Å². The molecule has 0 rings (SSSR count). The molecule has 0 bridgehead atoms. The molecule has 0 unspecified atom stereocenters. The van der Waals surface area contributed by atoms with E-state index in [9.17, 15) is 4.79 Å². The van der Waals surface area contributed by atoms with Crippen molar-refractivity contribution in [3.05, 3.63) is 0 Å². The van der Waals surface area contributed by atoms with Gasteiger partial charge in [0.05, 0.1) is 6.04 Å². The van der Waals surface area contributed by atoms with Crippen molar-refractivity contribution in [3.63, 3.8) is 0 Å². The highest BCUT2D eigenvalue weighted by molar-refractivity contribution is 5.81. The smallest absolute Gasteiger partial charge is 0.239 e. The highest BCUT2D eigenvalue weighted by Crippen LogP contribution is 2.01. The third-order valence-electron chi connectivity index (χ3n) is 2.10. The average Bonchev–Trinajstić information content (AvgIpc) is 2.10. The van der Waals surface area contributed by atoms with Gasteiger partial charge in [-0.2, -0.15) is 0 Å². The van der Waals surface area contributed by atoms with Crippen molar-refractivity contribution in [1.82, 2.24) is 9.80 Å². The lowest BCUT2D eigenvalue weighted by molar-refractivity contribution is -0.132. The summed E-state index contributed by atoms with van der Waals surface area (Å²) in [6.45, 7) is 8.38. The fourth-order valence-electron chi connectivity index (χ4n) is 1.34. The molecule has 1 atom stereocenters. The Morgan fingerprint density at radius 1 is 1.20 bits per heavy atom. The van der Waals surface area contributed by atoms with Crippen LogP contribution in [0.1, 0.15) is 20.8 Å². The molecule has 0 saturated carbocycles. The van der Waals surface area contributed by atoms with Crippen LogP contribution in [0.25, 0.3) is 0 Å². The number of likely N-dealkylation sites (N-methyl/N-ethyl adjacent to an activating group) is 1. The molecule has 0 spiro atoms. The Labute approximate surface area is 93.4 Å². The molecule has 0 radical (unpaired) electrons. The highest BCUT2D eigenvalue weighted by atomic mass is 16.2. The van der Waals surface area contributed by atoms with Gasteiger partial charge in [-0.1, -0.05) is 13.8 Å². The SMILES string of the molecule is CC(C)CN(CCN(C)C)C(=O)[C@H](C)N. The first kappa shape index (κ1) is 14.4. The fourth-order valence-corrected chi connectivity index (χ4v) is 1.34. The van der Waals surface area contributed by atoms with Crippen LogP contribution in [0, 0.1) is 5.92 Å². The molecule has 90 valence electrons. The van der Waals surface area contributed by atoms with Gasteiger partial charge in [0.15, 0.2) is 0 Å². The van der Waals surface area contributed by atoms with Crippen molar-refractivity contribution in [2.75, 3.05) is 33.7 Å². The van der Waals surface area contributed by atoms with Gasteiger partial charge in [0.25, 0.3) is 0 Å². The molecule has 2 N–H and O–H groups in total. The monoisotopic (exact) mass is 215 g/mol. The van der Waals surface area contributed by atoms with E-state index in [0.29, 0.717) is 5.92 Å². The summed E-state index contributed by atoms with van der Waals surface area (Å²) in [5.41, 5.74) is 5.61. The summed E-state index contributed by atoms with van der Waals surface area (Å²) in [7, 11) is 4.01. The molecule has 0 aliphatic carbocycles. The zero-order valence-corrected chi connectivity index (χ0v) is 10.7. The van der Waals surface area contributed by atoms with Crippen LogP contribution in [0.5, 0.6) is 0 Å². The number of rotatable bonds is 6. The van der Waals surface area contributed by atoms with Crippen LogP contribution in [-0.2, 0) is 4.79 Å². The Morgan fingerprint density at radius 2 is 1.73 bits per heavy atom. The van der Waals surface area contributed by atoms with Crippen LogP contribution < -0.4 is 5.73 Å². The quantitative estimate of drug-likeness (QED) is 0.697. The van der Waals surface area contributed by atoms with Gasteiger partial charge < -0.3 is 15.5 Å². The molecule has 0 aliphatic heterocycles. The zero-order chi connectivity index (χ0) is 12.0. The first-order valence-electron chi connectivity index (χ1n) is 5.53. The number of hydrogen-bond donors (Lipinski definition) is 1. The standard InChI is InChI=1S/C11H25N3O/c1-9(2)8-14(7-6-13(4)5)11(15)10(3)12/h9-10H,6-8,12H2,1-5H3/t10-/m0/s1. The van der Waals surface area contributed by atoms with E-state index in [1.807, 2.05) is 19.0 Å². The molecule has 0 aliphatic rings. The van der Waals surface area contributed by atoms with E-state index in [1.165, 1.54) is 0 Å². The van der Waals surface area contributed by atoms with Crippen molar-refractivity contribution in [2.45, 2.75) is 26.8 Å².